The molecule has 4 aromatic rings. The van der Waals surface area contributed by atoms with E-state index in [2.05, 4.69) is 42.4 Å². The summed E-state index contributed by atoms with van der Waals surface area (Å²) < 4.78 is 32.3. The second kappa shape index (κ2) is 15.7. The first-order chi connectivity index (χ1) is 26.1. The van der Waals surface area contributed by atoms with Crippen LogP contribution in [-0.2, 0) is 16.6 Å². The first kappa shape index (κ1) is 36.6. The molecule has 3 fully saturated rings. The standard InChI is InChI=1S/C38H40F2N10O4/c1-46-34-25(5-2-9-30(34)50(38(46)54)31-14-15-32(51)44-37(31)53)6-4-16-47-17-19-48(20-18-47)22-24-10-12-27(13-11-24)49-23-29(33(45-49)35(39)40)43-36(52)28-8-3-7-26(21-41)42-28/h2-3,5,7-9,23-24,27,31,35H,10-20,22H2,1H3,(H,43,52)(H,44,51,53). The van der Waals surface area contributed by atoms with Crippen molar-refractivity contribution in [1.82, 2.24) is 39.0 Å². The molecule has 54 heavy (non-hydrogen) atoms. The van der Waals surface area contributed by atoms with Crippen LogP contribution in [0.5, 0.6) is 0 Å². The highest BCUT2D eigenvalue weighted by Crippen LogP contribution is 2.35. The zero-order valence-corrected chi connectivity index (χ0v) is 29.8. The van der Waals surface area contributed by atoms with Gasteiger partial charge in [-0.2, -0.15) is 10.4 Å². The third-order valence-electron chi connectivity index (χ3n) is 10.6. The quantitative estimate of drug-likeness (QED) is 0.204. The maximum atomic E-state index is 13.9. The third-order valence-corrected chi connectivity index (χ3v) is 10.6. The first-order valence-electron chi connectivity index (χ1n) is 18.1. The lowest BCUT2D eigenvalue weighted by molar-refractivity contribution is -0.135. The van der Waals surface area contributed by atoms with Gasteiger partial charge in [0, 0.05) is 52.4 Å². The largest absolute Gasteiger partial charge is 0.329 e. The molecule has 1 atom stereocenters. The Balaban J connectivity index is 0.900. The smallest absolute Gasteiger partial charge is 0.318 e. The van der Waals surface area contributed by atoms with Crippen LogP contribution in [-0.4, -0.2) is 90.7 Å². The van der Waals surface area contributed by atoms with Crippen molar-refractivity contribution in [1.29, 1.82) is 5.26 Å². The highest BCUT2D eigenvalue weighted by molar-refractivity contribution is 6.03. The number of pyridine rings is 1. The summed E-state index contributed by atoms with van der Waals surface area (Å²) in [7, 11) is 1.67. The molecular formula is C38H40F2N10O4. The summed E-state index contributed by atoms with van der Waals surface area (Å²) in [5.41, 5.74) is 1.11. The Morgan fingerprint density at radius 2 is 1.76 bits per heavy atom. The van der Waals surface area contributed by atoms with Crippen molar-refractivity contribution in [2.75, 3.05) is 44.6 Å². The van der Waals surface area contributed by atoms with E-state index in [1.54, 1.807) is 17.8 Å². The number of benzene rings is 1. The van der Waals surface area contributed by atoms with Gasteiger partial charge in [-0.1, -0.05) is 24.0 Å². The monoisotopic (exact) mass is 738 g/mol. The summed E-state index contributed by atoms with van der Waals surface area (Å²) in [6, 6.07) is 10.9. The van der Waals surface area contributed by atoms with Gasteiger partial charge in [-0.15, -0.1) is 0 Å². The average molecular weight is 739 g/mol. The van der Waals surface area contributed by atoms with Crippen LogP contribution in [0, 0.1) is 29.1 Å². The number of anilines is 1. The number of fused-ring (bicyclic) bond motifs is 1. The van der Waals surface area contributed by atoms with Gasteiger partial charge < -0.3 is 10.2 Å². The molecule has 0 bridgehead atoms. The molecule has 280 valence electrons. The van der Waals surface area contributed by atoms with Gasteiger partial charge in [0.05, 0.1) is 34.9 Å². The summed E-state index contributed by atoms with van der Waals surface area (Å²) in [6.07, 6.45) is 2.51. The fraction of sp³-hybridized carbons (Fsp3) is 0.447. The molecule has 3 amide bonds. The zero-order chi connectivity index (χ0) is 37.9. The molecule has 5 heterocycles. The number of aromatic nitrogens is 5. The molecule has 3 aliphatic rings. The van der Waals surface area contributed by atoms with Gasteiger partial charge in [-0.3, -0.25) is 38.4 Å². The van der Waals surface area contributed by atoms with Gasteiger partial charge in [0.15, 0.2) is 5.69 Å². The number of amides is 3. The van der Waals surface area contributed by atoms with Gasteiger partial charge in [-0.05, 0) is 62.3 Å². The van der Waals surface area contributed by atoms with E-state index < -0.39 is 30.0 Å². The molecule has 0 radical (unpaired) electrons. The molecule has 1 aliphatic carbocycles. The minimum absolute atomic E-state index is 0.0419. The number of halogens is 2. The molecule has 1 saturated carbocycles. The predicted octanol–water partition coefficient (Wildman–Crippen LogP) is 3.37. The van der Waals surface area contributed by atoms with Crippen LogP contribution in [0.15, 0.2) is 47.4 Å². The number of piperazine rings is 1. The number of imide groups is 1. The minimum atomic E-state index is -2.87. The molecule has 2 aliphatic heterocycles. The molecule has 1 unspecified atom stereocenters. The van der Waals surface area contributed by atoms with E-state index in [0.717, 1.165) is 58.4 Å². The summed E-state index contributed by atoms with van der Waals surface area (Å²) >= 11 is 0. The molecule has 7 rings (SSSR count). The fourth-order valence-electron chi connectivity index (χ4n) is 7.76. The normalized spacial score (nSPS) is 21.1. The number of piperidine rings is 1. The molecule has 16 heteroatoms. The summed E-state index contributed by atoms with van der Waals surface area (Å²) in [4.78, 5) is 58.9. The van der Waals surface area contributed by atoms with Crippen LogP contribution in [0.3, 0.4) is 0 Å². The van der Waals surface area contributed by atoms with Crippen LogP contribution in [0.25, 0.3) is 11.0 Å². The Morgan fingerprint density at radius 3 is 2.48 bits per heavy atom. The average Bonchev–Trinajstić information content (AvgIpc) is 3.71. The van der Waals surface area contributed by atoms with Crippen molar-refractivity contribution in [2.24, 2.45) is 13.0 Å². The van der Waals surface area contributed by atoms with Gasteiger partial charge in [0.2, 0.25) is 11.8 Å². The lowest BCUT2D eigenvalue weighted by atomic mass is 9.85. The SMILES string of the molecule is Cn1c(=O)n(C2CCC(=O)NC2=O)c2cccc(C#CCN3CCN(CC4CCC(n5cc(NC(=O)c6cccc(C#N)n6)c(C(F)F)n5)CC4)CC3)c21. The number of nitrogens with zero attached hydrogens (tertiary/aromatic N) is 8. The van der Waals surface area contributed by atoms with Crippen LogP contribution < -0.4 is 16.3 Å². The number of nitriles is 1. The van der Waals surface area contributed by atoms with Crippen LogP contribution in [0.2, 0.25) is 0 Å². The number of imidazole rings is 1. The maximum absolute atomic E-state index is 13.9. The van der Waals surface area contributed by atoms with Crippen molar-refractivity contribution < 1.29 is 23.2 Å². The Labute approximate surface area is 309 Å². The van der Waals surface area contributed by atoms with E-state index in [9.17, 15) is 28.0 Å². The minimum Gasteiger partial charge on any atom is -0.318 e. The van der Waals surface area contributed by atoms with Crippen molar-refractivity contribution >= 4 is 34.4 Å². The molecule has 1 aromatic carbocycles. The Hall–Kier alpha value is -5.71. The highest BCUT2D eigenvalue weighted by Gasteiger charge is 2.32. The predicted molar refractivity (Wildman–Crippen MR) is 193 cm³/mol. The van der Waals surface area contributed by atoms with E-state index in [0.29, 0.717) is 29.1 Å². The van der Waals surface area contributed by atoms with Gasteiger partial charge >= 0.3 is 5.69 Å². The summed E-state index contributed by atoms with van der Waals surface area (Å²) in [6.45, 7) is 5.09. The van der Waals surface area contributed by atoms with Crippen molar-refractivity contribution in [2.45, 2.75) is 57.0 Å². The Morgan fingerprint density at radius 1 is 1.02 bits per heavy atom. The molecule has 2 saturated heterocycles. The van der Waals surface area contributed by atoms with Crippen molar-refractivity contribution in [3.63, 3.8) is 0 Å². The molecule has 2 N–H and O–H groups in total. The van der Waals surface area contributed by atoms with Crippen LogP contribution >= 0.6 is 0 Å². The van der Waals surface area contributed by atoms with Crippen LogP contribution in [0.4, 0.5) is 14.5 Å². The molecule has 3 aromatic heterocycles. The summed E-state index contributed by atoms with van der Waals surface area (Å²) in [5.74, 6) is 5.52. The number of carbonyl (C=O) groups is 3. The number of alkyl halides is 2. The van der Waals surface area contributed by atoms with Crippen molar-refractivity contribution in [3.05, 3.63) is 75.7 Å². The van der Waals surface area contributed by atoms with E-state index in [1.807, 2.05) is 18.2 Å². The van der Waals surface area contributed by atoms with E-state index in [1.165, 1.54) is 33.5 Å². The molecular weight excluding hydrogens is 698 g/mol. The first-order valence-corrected chi connectivity index (χ1v) is 18.1. The second-order valence-electron chi connectivity index (χ2n) is 14.1. The third kappa shape index (κ3) is 7.67. The molecule has 0 spiro atoms. The van der Waals surface area contributed by atoms with Crippen LogP contribution in [0.1, 0.15) is 84.5 Å². The van der Waals surface area contributed by atoms with E-state index >= 15 is 0 Å². The maximum Gasteiger partial charge on any atom is 0.329 e. The lowest BCUT2D eigenvalue weighted by Gasteiger charge is -2.37. The van der Waals surface area contributed by atoms with Gasteiger partial charge in [-0.25, -0.2) is 18.6 Å². The Bertz CT molecular complexity index is 2240. The van der Waals surface area contributed by atoms with E-state index in [-0.39, 0.29) is 47.6 Å². The zero-order valence-electron chi connectivity index (χ0n) is 29.8. The summed E-state index contributed by atoms with van der Waals surface area (Å²) in [5, 5.41) is 18.1. The number of nitrogens with one attached hydrogen (secondary N) is 2. The number of para-hydroxylation sites is 1. The topological polar surface area (TPSA) is 163 Å². The number of aryl methyl sites for hydroxylation is 1. The fourth-order valence-corrected chi connectivity index (χ4v) is 7.76. The number of hydrogen-bond acceptors (Lipinski definition) is 9. The van der Waals surface area contributed by atoms with Gasteiger partial charge in [0.1, 0.15) is 23.5 Å². The van der Waals surface area contributed by atoms with Crippen molar-refractivity contribution in [3.8, 4) is 17.9 Å². The number of rotatable bonds is 8. The van der Waals surface area contributed by atoms with E-state index in [4.69, 9.17) is 5.26 Å². The second-order valence-corrected chi connectivity index (χ2v) is 14.1. The number of carbonyl (C=O) groups excluding carboxylic acids is 3. The number of hydrogen-bond donors (Lipinski definition) is 2. The lowest BCUT2D eigenvalue weighted by Crippen LogP contribution is -2.48. The Kier molecular flexibility index (Phi) is 10.7. The van der Waals surface area contributed by atoms with Gasteiger partial charge in [0.25, 0.3) is 12.3 Å². The molecule has 14 nitrogen and oxygen atoms in total. The highest BCUT2D eigenvalue weighted by atomic mass is 19.3.